The van der Waals surface area contributed by atoms with E-state index in [-0.39, 0.29) is 5.41 Å². The normalized spacial score (nSPS) is 12.9. The maximum absolute atomic E-state index is 4.97. The van der Waals surface area contributed by atoms with Crippen molar-refractivity contribution in [2.24, 2.45) is 0 Å². The number of nitrogens with zero attached hydrogens (tertiary/aromatic N) is 4. The fourth-order valence-corrected chi connectivity index (χ4v) is 7.31. The average molecular weight is 629 g/mol. The van der Waals surface area contributed by atoms with Gasteiger partial charge in [0.1, 0.15) is 0 Å². The van der Waals surface area contributed by atoms with Crippen LogP contribution in [0, 0.1) is 0 Å². The van der Waals surface area contributed by atoms with E-state index in [1.165, 1.54) is 44.2 Å². The smallest absolute Gasteiger partial charge is 0.165 e. The van der Waals surface area contributed by atoms with Crippen molar-refractivity contribution in [2.45, 2.75) is 19.3 Å². The van der Waals surface area contributed by atoms with E-state index < -0.39 is 0 Å². The lowest BCUT2D eigenvalue weighted by Gasteiger charge is -2.23. The van der Waals surface area contributed by atoms with Crippen LogP contribution < -0.4 is 0 Å². The summed E-state index contributed by atoms with van der Waals surface area (Å²) in [6, 6.07) is 51.4. The molecule has 0 radical (unpaired) electrons. The Bertz CT molecular complexity index is 2490. The first kappa shape index (κ1) is 28.9. The lowest BCUT2D eigenvalue weighted by Crippen LogP contribution is -2.15. The Labute approximate surface area is 285 Å². The molecular weight excluding hydrogens is 597 g/mol. The van der Waals surface area contributed by atoms with Crippen LogP contribution in [0.3, 0.4) is 0 Å². The lowest BCUT2D eigenvalue weighted by atomic mass is 9.80. The van der Waals surface area contributed by atoms with E-state index in [1.807, 2.05) is 18.2 Å². The number of rotatable bonds is 5. The first-order valence-electron chi connectivity index (χ1n) is 16.6. The van der Waals surface area contributed by atoms with Gasteiger partial charge in [-0.15, -0.1) is 0 Å². The molecule has 0 spiro atoms. The Morgan fingerprint density at radius 2 is 0.980 bits per heavy atom. The fraction of sp³-hybridized carbons (Fsp3) is 0.0667. The Morgan fingerprint density at radius 1 is 0.429 bits per heavy atom. The number of aromatic nitrogens is 4. The van der Waals surface area contributed by atoms with E-state index in [2.05, 4.69) is 146 Å². The number of pyridine rings is 1. The summed E-state index contributed by atoms with van der Waals surface area (Å²) in [5.41, 5.74) is 12.7. The third kappa shape index (κ3) is 5.01. The number of benzene rings is 6. The van der Waals surface area contributed by atoms with Gasteiger partial charge in [0.15, 0.2) is 17.5 Å². The highest BCUT2D eigenvalue weighted by Crippen LogP contribution is 2.52. The predicted molar refractivity (Wildman–Crippen MR) is 200 cm³/mol. The molecule has 0 amide bonds. The van der Waals surface area contributed by atoms with Crippen LogP contribution in [0.25, 0.3) is 78.3 Å². The molecular formula is C45H32N4. The molecule has 0 saturated carbocycles. The van der Waals surface area contributed by atoms with Gasteiger partial charge < -0.3 is 0 Å². The molecule has 0 fully saturated rings. The van der Waals surface area contributed by atoms with E-state index in [4.69, 9.17) is 15.0 Å². The second-order valence-corrected chi connectivity index (χ2v) is 13.2. The molecule has 4 heteroatoms. The predicted octanol–water partition coefficient (Wildman–Crippen LogP) is 11.1. The minimum absolute atomic E-state index is 0.0713. The quantitative estimate of drug-likeness (QED) is 0.190. The molecule has 0 atom stereocenters. The minimum Gasteiger partial charge on any atom is -0.264 e. The van der Waals surface area contributed by atoms with Gasteiger partial charge in [-0.1, -0.05) is 141 Å². The van der Waals surface area contributed by atoms with E-state index in [9.17, 15) is 0 Å². The topological polar surface area (TPSA) is 51.6 Å². The highest BCUT2D eigenvalue weighted by atomic mass is 15.0. The van der Waals surface area contributed by atoms with E-state index in [1.54, 1.807) is 12.4 Å². The van der Waals surface area contributed by atoms with Crippen LogP contribution >= 0.6 is 0 Å². The molecule has 0 N–H and O–H groups in total. The summed E-state index contributed by atoms with van der Waals surface area (Å²) in [5, 5.41) is 2.62. The van der Waals surface area contributed by atoms with Gasteiger partial charge in [0.2, 0.25) is 0 Å². The first-order valence-corrected chi connectivity index (χ1v) is 16.6. The van der Waals surface area contributed by atoms with Crippen LogP contribution in [0.2, 0.25) is 0 Å². The Kier molecular flexibility index (Phi) is 6.77. The summed E-state index contributed by atoms with van der Waals surface area (Å²) in [6.07, 6.45) is 3.55. The fourth-order valence-electron chi connectivity index (χ4n) is 7.31. The molecule has 4 nitrogen and oxygen atoms in total. The molecule has 2 heterocycles. The molecule has 232 valence electrons. The van der Waals surface area contributed by atoms with E-state index in [0.29, 0.717) is 17.5 Å². The second kappa shape index (κ2) is 11.5. The van der Waals surface area contributed by atoms with Crippen molar-refractivity contribution in [1.82, 2.24) is 19.9 Å². The van der Waals surface area contributed by atoms with Crippen molar-refractivity contribution in [3.05, 3.63) is 169 Å². The Morgan fingerprint density at radius 3 is 1.65 bits per heavy atom. The summed E-state index contributed by atoms with van der Waals surface area (Å²) < 4.78 is 0. The Hall–Kier alpha value is -6.26. The van der Waals surface area contributed by atoms with Crippen LogP contribution in [-0.4, -0.2) is 19.9 Å². The minimum atomic E-state index is -0.0713. The number of hydrogen-bond donors (Lipinski definition) is 0. The Balaban J connectivity index is 1.09. The molecule has 2 aromatic heterocycles. The van der Waals surface area contributed by atoms with Crippen LogP contribution in [-0.2, 0) is 5.41 Å². The molecule has 0 bridgehead atoms. The molecule has 0 aliphatic heterocycles. The van der Waals surface area contributed by atoms with Gasteiger partial charge in [0.25, 0.3) is 0 Å². The van der Waals surface area contributed by atoms with Crippen molar-refractivity contribution < 1.29 is 0 Å². The standard InChI is InChI=1S/C45H32N4/c1-45(2)40-25-23-35(27-39(40)38-24-22-32-11-6-7-13-37(32)41(38)45)31-16-20-34(21-17-31)43-47-42(48-44(49-43)36-12-8-26-46-28-36)33-18-14-30(15-19-33)29-9-4-3-5-10-29/h3-28H,1-2H3. The third-order valence-corrected chi connectivity index (χ3v) is 9.82. The average Bonchev–Trinajstić information content (AvgIpc) is 3.41. The highest BCUT2D eigenvalue weighted by Gasteiger charge is 2.36. The van der Waals surface area contributed by atoms with Crippen molar-refractivity contribution in [3.63, 3.8) is 0 Å². The highest BCUT2D eigenvalue weighted by molar-refractivity contribution is 5.98. The molecule has 8 aromatic rings. The maximum Gasteiger partial charge on any atom is 0.165 e. The molecule has 49 heavy (non-hydrogen) atoms. The summed E-state index contributed by atoms with van der Waals surface area (Å²) >= 11 is 0. The molecule has 1 aliphatic rings. The zero-order valence-electron chi connectivity index (χ0n) is 27.3. The van der Waals surface area contributed by atoms with Crippen LogP contribution in [0.1, 0.15) is 25.0 Å². The van der Waals surface area contributed by atoms with Crippen LogP contribution in [0.5, 0.6) is 0 Å². The van der Waals surface area contributed by atoms with Gasteiger partial charge in [-0.2, -0.15) is 0 Å². The zero-order valence-corrected chi connectivity index (χ0v) is 27.3. The maximum atomic E-state index is 4.97. The SMILES string of the molecule is CC1(C)c2ccc(-c3ccc(-c4nc(-c5ccc(-c6ccccc6)cc5)nc(-c5cccnc5)n4)cc3)cc2-c2ccc3ccccc3c21. The van der Waals surface area contributed by atoms with E-state index >= 15 is 0 Å². The summed E-state index contributed by atoms with van der Waals surface area (Å²) in [6.45, 7) is 4.69. The van der Waals surface area contributed by atoms with Gasteiger partial charge in [0.05, 0.1) is 0 Å². The summed E-state index contributed by atoms with van der Waals surface area (Å²) in [7, 11) is 0. The zero-order chi connectivity index (χ0) is 33.0. The van der Waals surface area contributed by atoms with Crippen molar-refractivity contribution in [1.29, 1.82) is 0 Å². The third-order valence-electron chi connectivity index (χ3n) is 9.82. The monoisotopic (exact) mass is 628 g/mol. The van der Waals surface area contributed by atoms with Gasteiger partial charge in [-0.3, -0.25) is 4.98 Å². The van der Waals surface area contributed by atoms with E-state index in [0.717, 1.165) is 27.8 Å². The molecule has 1 aliphatic carbocycles. The van der Waals surface area contributed by atoms with Crippen molar-refractivity contribution in [2.75, 3.05) is 0 Å². The van der Waals surface area contributed by atoms with Crippen LogP contribution in [0.15, 0.2) is 158 Å². The molecule has 0 unspecified atom stereocenters. The number of hydrogen-bond acceptors (Lipinski definition) is 4. The van der Waals surface area contributed by atoms with Gasteiger partial charge in [0, 0.05) is 34.5 Å². The number of fused-ring (bicyclic) bond motifs is 5. The van der Waals surface area contributed by atoms with Crippen LogP contribution in [0.4, 0.5) is 0 Å². The summed E-state index contributed by atoms with van der Waals surface area (Å²) in [4.78, 5) is 19.1. The summed E-state index contributed by atoms with van der Waals surface area (Å²) in [5.74, 6) is 1.84. The second-order valence-electron chi connectivity index (χ2n) is 13.2. The molecule has 9 rings (SSSR count). The van der Waals surface area contributed by atoms with Gasteiger partial charge in [-0.25, -0.2) is 15.0 Å². The van der Waals surface area contributed by atoms with Crippen molar-refractivity contribution >= 4 is 10.8 Å². The largest absolute Gasteiger partial charge is 0.264 e. The van der Waals surface area contributed by atoms with Gasteiger partial charge >= 0.3 is 0 Å². The first-order chi connectivity index (χ1) is 24.0. The lowest BCUT2D eigenvalue weighted by molar-refractivity contribution is 0.666. The van der Waals surface area contributed by atoms with Gasteiger partial charge in [-0.05, 0) is 73.5 Å². The van der Waals surface area contributed by atoms with Crippen molar-refractivity contribution in [3.8, 4) is 67.5 Å². The molecule has 0 saturated heterocycles. The molecule has 6 aromatic carbocycles.